The van der Waals surface area contributed by atoms with Crippen LogP contribution in [0.4, 0.5) is 5.69 Å². The van der Waals surface area contributed by atoms with Crippen LogP contribution in [0.15, 0.2) is 42.5 Å². The van der Waals surface area contributed by atoms with Crippen LogP contribution in [-0.4, -0.2) is 12.7 Å². The summed E-state index contributed by atoms with van der Waals surface area (Å²) in [6.45, 7) is 0.973. The fourth-order valence-corrected chi connectivity index (χ4v) is 2.31. The van der Waals surface area contributed by atoms with Gasteiger partial charge in [-0.05, 0) is 17.7 Å². The van der Waals surface area contributed by atoms with E-state index in [9.17, 15) is 4.79 Å². The molecule has 0 radical (unpaired) electrons. The van der Waals surface area contributed by atoms with Crippen molar-refractivity contribution in [2.45, 2.75) is 13.2 Å². The summed E-state index contributed by atoms with van der Waals surface area (Å²) >= 11 is 0. The zero-order valence-electron chi connectivity index (χ0n) is 11.5. The van der Waals surface area contributed by atoms with Gasteiger partial charge in [0, 0.05) is 17.8 Å². The van der Waals surface area contributed by atoms with Crippen LogP contribution >= 0.6 is 0 Å². The molecule has 1 aliphatic heterocycles. The van der Waals surface area contributed by atoms with E-state index >= 15 is 0 Å². The number of ether oxygens (including phenoxy) is 2. The van der Waals surface area contributed by atoms with E-state index in [1.54, 1.807) is 12.1 Å². The van der Waals surface area contributed by atoms with Gasteiger partial charge < -0.3 is 20.5 Å². The molecule has 0 spiro atoms. The van der Waals surface area contributed by atoms with E-state index in [2.05, 4.69) is 5.32 Å². The van der Waals surface area contributed by atoms with Crippen molar-refractivity contribution in [2.75, 3.05) is 12.5 Å². The molecular formula is C16H16N2O3. The molecule has 5 heteroatoms. The lowest BCUT2D eigenvalue weighted by atomic mass is 10.0. The Hall–Kier alpha value is -2.53. The summed E-state index contributed by atoms with van der Waals surface area (Å²) in [7, 11) is 0. The SMILES string of the molecule is Nc1ccc2c(c1C(=O)NCc1ccccc1)COCO2. The van der Waals surface area contributed by atoms with Crippen LogP contribution in [0, 0.1) is 0 Å². The average Bonchev–Trinajstić information content (AvgIpc) is 2.53. The number of rotatable bonds is 3. The molecule has 5 nitrogen and oxygen atoms in total. The number of anilines is 1. The average molecular weight is 284 g/mol. The second-order valence-corrected chi connectivity index (χ2v) is 4.79. The number of nitrogens with one attached hydrogen (secondary N) is 1. The first-order valence-corrected chi connectivity index (χ1v) is 6.69. The van der Waals surface area contributed by atoms with Gasteiger partial charge in [0.15, 0.2) is 6.79 Å². The molecule has 0 aromatic heterocycles. The molecule has 0 fully saturated rings. The number of nitrogens with two attached hydrogens (primary N) is 1. The smallest absolute Gasteiger partial charge is 0.254 e. The van der Waals surface area contributed by atoms with Gasteiger partial charge in [0.05, 0.1) is 12.2 Å². The summed E-state index contributed by atoms with van der Waals surface area (Å²) in [6, 6.07) is 13.2. The number of amides is 1. The Kier molecular flexibility index (Phi) is 3.75. The van der Waals surface area contributed by atoms with Gasteiger partial charge in [-0.1, -0.05) is 30.3 Å². The first-order chi connectivity index (χ1) is 10.3. The maximum absolute atomic E-state index is 12.4. The van der Waals surface area contributed by atoms with E-state index in [1.165, 1.54) is 0 Å². The predicted octanol–water partition coefficient (Wildman–Crippen LogP) is 2.07. The maximum atomic E-state index is 12.4. The molecule has 21 heavy (non-hydrogen) atoms. The Morgan fingerprint density at radius 2 is 2.00 bits per heavy atom. The number of hydrogen-bond donors (Lipinski definition) is 2. The highest BCUT2D eigenvalue weighted by Gasteiger charge is 2.21. The van der Waals surface area contributed by atoms with Crippen LogP contribution < -0.4 is 15.8 Å². The van der Waals surface area contributed by atoms with Crippen molar-refractivity contribution in [2.24, 2.45) is 0 Å². The van der Waals surface area contributed by atoms with Crippen LogP contribution in [0.2, 0.25) is 0 Å². The third-order valence-corrected chi connectivity index (χ3v) is 3.37. The standard InChI is InChI=1S/C16H16N2O3/c17-13-6-7-14-12(9-20-10-21-14)15(13)16(19)18-8-11-4-2-1-3-5-11/h1-7H,8-10,17H2,(H,18,19). The molecule has 0 atom stereocenters. The van der Waals surface area contributed by atoms with Crippen molar-refractivity contribution in [3.8, 4) is 5.75 Å². The Morgan fingerprint density at radius 1 is 1.19 bits per heavy atom. The number of carbonyl (C=O) groups is 1. The largest absolute Gasteiger partial charge is 0.467 e. The van der Waals surface area contributed by atoms with E-state index < -0.39 is 0 Å². The van der Waals surface area contributed by atoms with Crippen LogP contribution in [0.3, 0.4) is 0 Å². The summed E-state index contributed by atoms with van der Waals surface area (Å²) in [4.78, 5) is 12.4. The highest BCUT2D eigenvalue weighted by molar-refractivity contribution is 6.01. The molecule has 3 N–H and O–H groups in total. The second-order valence-electron chi connectivity index (χ2n) is 4.79. The highest BCUT2D eigenvalue weighted by Crippen LogP contribution is 2.30. The summed E-state index contributed by atoms with van der Waals surface area (Å²) in [6.07, 6.45) is 0. The van der Waals surface area contributed by atoms with Crippen LogP contribution in [-0.2, 0) is 17.9 Å². The van der Waals surface area contributed by atoms with E-state index in [-0.39, 0.29) is 12.7 Å². The van der Waals surface area contributed by atoms with Crippen molar-refractivity contribution in [1.29, 1.82) is 0 Å². The van der Waals surface area contributed by atoms with Crippen molar-refractivity contribution >= 4 is 11.6 Å². The molecule has 0 aliphatic carbocycles. The Morgan fingerprint density at radius 3 is 2.81 bits per heavy atom. The molecule has 108 valence electrons. The molecule has 1 aliphatic rings. The van der Waals surface area contributed by atoms with E-state index in [0.29, 0.717) is 35.7 Å². The van der Waals surface area contributed by atoms with E-state index in [4.69, 9.17) is 15.2 Å². The minimum Gasteiger partial charge on any atom is -0.467 e. The van der Waals surface area contributed by atoms with E-state index in [1.807, 2.05) is 30.3 Å². The third-order valence-electron chi connectivity index (χ3n) is 3.37. The summed E-state index contributed by atoms with van der Waals surface area (Å²) in [5, 5.41) is 2.88. The van der Waals surface area contributed by atoms with Crippen molar-refractivity contribution in [3.63, 3.8) is 0 Å². The monoisotopic (exact) mass is 284 g/mol. The quantitative estimate of drug-likeness (QED) is 0.846. The first-order valence-electron chi connectivity index (χ1n) is 6.69. The topological polar surface area (TPSA) is 73.6 Å². The van der Waals surface area contributed by atoms with Gasteiger partial charge in [0.1, 0.15) is 5.75 Å². The van der Waals surface area contributed by atoms with Crippen molar-refractivity contribution in [1.82, 2.24) is 5.32 Å². The lowest BCUT2D eigenvalue weighted by molar-refractivity contribution is -0.0167. The zero-order valence-corrected chi connectivity index (χ0v) is 11.5. The highest BCUT2D eigenvalue weighted by atomic mass is 16.7. The lowest BCUT2D eigenvalue weighted by Gasteiger charge is -2.21. The molecule has 3 rings (SSSR count). The van der Waals surface area contributed by atoms with Crippen LogP contribution in [0.5, 0.6) is 5.75 Å². The second kappa shape index (κ2) is 5.85. The normalized spacial score (nSPS) is 13.1. The summed E-state index contributed by atoms with van der Waals surface area (Å²) < 4.78 is 10.6. The van der Waals surface area contributed by atoms with Gasteiger partial charge in [-0.3, -0.25) is 4.79 Å². The molecule has 2 aromatic rings. The Balaban J connectivity index is 1.81. The zero-order chi connectivity index (χ0) is 14.7. The minimum atomic E-state index is -0.220. The van der Waals surface area contributed by atoms with Gasteiger partial charge in [0.25, 0.3) is 5.91 Å². The molecule has 0 saturated heterocycles. The van der Waals surface area contributed by atoms with Gasteiger partial charge >= 0.3 is 0 Å². The van der Waals surface area contributed by atoms with Gasteiger partial charge in [-0.25, -0.2) is 0 Å². The van der Waals surface area contributed by atoms with Crippen molar-refractivity contribution in [3.05, 3.63) is 59.2 Å². The molecule has 0 unspecified atom stereocenters. The van der Waals surface area contributed by atoms with E-state index in [0.717, 1.165) is 5.56 Å². The summed E-state index contributed by atoms with van der Waals surface area (Å²) in [5.41, 5.74) is 8.53. The Bertz CT molecular complexity index is 656. The molecule has 1 amide bonds. The number of benzene rings is 2. The summed E-state index contributed by atoms with van der Waals surface area (Å²) in [5.74, 6) is 0.433. The predicted molar refractivity (Wildman–Crippen MR) is 78.8 cm³/mol. The van der Waals surface area contributed by atoms with Crippen LogP contribution in [0.25, 0.3) is 0 Å². The molecular weight excluding hydrogens is 268 g/mol. The third kappa shape index (κ3) is 2.83. The molecule has 0 saturated carbocycles. The minimum absolute atomic E-state index is 0.196. The van der Waals surface area contributed by atoms with Gasteiger partial charge in [-0.2, -0.15) is 0 Å². The van der Waals surface area contributed by atoms with Gasteiger partial charge in [0.2, 0.25) is 0 Å². The fourth-order valence-electron chi connectivity index (χ4n) is 2.31. The fraction of sp³-hybridized carbons (Fsp3) is 0.188. The number of carbonyl (C=O) groups excluding carboxylic acids is 1. The molecule has 1 heterocycles. The van der Waals surface area contributed by atoms with Crippen molar-refractivity contribution < 1.29 is 14.3 Å². The lowest BCUT2D eigenvalue weighted by Crippen LogP contribution is -2.26. The Labute approximate surface area is 122 Å². The number of nitrogen functional groups attached to an aromatic ring is 1. The number of hydrogen-bond acceptors (Lipinski definition) is 4. The van der Waals surface area contributed by atoms with Gasteiger partial charge in [-0.15, -0.1) is 0 Å². The van der Waals surface area contributed by atoms with Crippen LogP contribution in [0.1, 0.15) is 21.5 Å². The first kappa shape index (κ1) is 13.5. The molecule has 2 aromatic carbocycles. The molecule has 0 bridgehead atoms. The number of fused-ring (bicyclic) bond motifs is 1. The maximum Gasteiger partial charge on any atom is 0.254 e.